The van der Waals surface area contributed by atoms with Crippen LogP contribution < -0.4 is 4.90 Å². The largest absolute Gasteiger partial charge is 0.299 e. The van der Waals surface area contributed by atoms with E-state index in [9.17, 15) is 4.79 Å². The lowest BCUT2D eigenvalue weighted by atomic mass is 10.1. The Balaban J connectivity index is 2.21. The highest BCUT2D eigenvalue weighted by Gasteiger charge is 2.23. The van der Waals surface area contributed by atoms with Gasteiger partial charge in [-0.2, -0.15) is 5.10 Å². The maximum absolute atomic E-state index is 12.3. The van der Waals surface area contributed by atoms with Crippen LogP contribution in [0, 0.1) is 0 Å². The molecular formula is C15H12ClN3O. The van der Waals surface area contributed by atoms with E-state index in [1.165, 1.54) is 5.01 Å². The molecule has 2 aromatic rings. The zero-order valence-electron chi connectivity index (χ0n) is 10.8. The van der Waals surface area contributed by atoms with Crippen molar-refractivity contribution in [1.29, 1.82) is 0 Å². The Morgan fingerprint density at radius 1 is 1.10 bits per heavy atom. The number of carbonyl (C=O) groups is 1. The summed E-state index contributed by atoms with van der Waals surface area (Å²) in [5.74, 6) is -0.161. The fourth-order valence-corrected chi connectivity index (χ4v) is 2.26. The Hall–Kier alpha value is -2.33. The zero-order chi connectivity index (χ0) is 14.1. The first-order valence-electron chi connectivity index (χ1n) is 6.13. The van der Waals surface area contributed by atoms with Gasteiger partial charge in [0.2, 0.25) is 0 Å². The fourth-order valence-electron chi connectivity index (χ4n) is 2.10. The molecule has 100 valence electrons. The molecule has 0 aromatic heterocycles. The third kappa shape index (κ3) is 2.14. The molecule has 0 aliphatic carbocycles. The molecule has 1 heterocycles. The molecule has 0 atom stereocenters. The predicted molar refractivity (Wildman–Crippen MR) is 80.6 cm³/mol. The van der Waals surface area contributed by atoms with Gasteiger partial charge in [-0.3, -0.25) is 9.69 Å². The highest BCUT2D eigenvalue weighted by molar-refractivity contribution is 6.31. The average Bonchev–Trinajstić information content (AvgIpc) is 2.58. The van der Waals surface area contributed by atoms with Crippen molar-refractivity contribution >= 4 is 35.2 Å². The molecule has 0 fully saturated rings. The minimum Gasteiger partial charge on any atom is -0.299 e. The van der Waals surface area contributed by atoms with Gasteiger partial charge in [0, 0.05) is 17.8 Å². The first-order chi connectivity index (χ1) is 9.66. The maximum atomic E-state index is 12.3. The van der Waals surface area contributed by atoms with E-state index in [4.69, 9.17) is 11.6 Å². The standard InChI is InChI=1S/C15H12ClN3O/c1-18-15(20)13-8-7-11(16)9-14(13)19(10-17-18)12-5-3-2-4-6-12/h2-10H,1H3. The molecule has 1 amide bonds. The summed E-state index contributed by atoms with van der Waals surface area (Å²) < 4.78 is 0. The number of nitrogens with zero attached hydrogens (tertiary/aromatic N) is 3. The van der Waals surface area contributed by atoms with Crippen LogP contribution in [0.5, 0.6) is 0 Å². The number of hydrogen-bond acceptors (Lipinski definition) is 3. The predicted octanol–water partition coefficient (Wildman–Crippen LogP) is 3.51. The van der Waals surface area contributed by atoms with E-state index in [1.54, 1.807) is 31.6 Å². The number of hydrazone groups is 1. The quantitative estimate of drug-likeness (QED) is 0.804. The number of hydrogen-bond donors (Lipinski definition) is 0. The van der Waals surface area contributed by atoms with E-state index in [1.807, 2.05) is 35.2 Å². The van der Waals surface area contributed by atoms with Gasteiger partial charge >= 0.3 is 0 Å². The van der Waals surface area contributed by atoms with Gasteiger partial charge < -0.3 is 0 Å². The average molecular weight is 286 g/mol. The molecule has 0 bridgehead atoms. The van der Waals surface area contributed by atoms with Gasteiger partial charge in [-0.25, -0.2) is 5.01 Å². The number of amides is 1. The second kappa shape index (κ2) is 4.98. The third-order valence-electron chi connectivity index (χ3n) is 3.12. The van der Waals surface area contributed by atoms with Crippen LogP contribution in [0.25, 0.3) is 0 Å². The minimum absolute atomic E-state index is 0.161. The lowest BCUT2D eigenvalue weighted by molar-refractivity contribution is 0.0802. The van der Waals surface area contributed by atoms with Crippen molar-refractivity contribution in [3.63, 3.8) is 0 Å². The molecule has 5 heteroatoms. The lowest BCUT2D eigenvalue weighted by Crippen LogP contribution is -2.19. The van der Waals surface area contributed by atoms with Crippen molar-refractivity contribution in [2.45, 2.75) is 0 Å². The van der Waals surface area contributed by atoms with Gasteiger partial charge in [-0.05, 0) is 30.3 Å². The monoisotopic (exact) mass is 285 g/mol. The maximum Gasteiger partial charge on any atom is 0.275 e. The molecule has 2 aromatic carbocycles. The van der Waals surface area contributed by atoms with E-state index in [2.05, 4.69) is 5.10 Å². The van der Waals surface area contributed by atoms with E-state index < -0.39 is 0 Å². The van der Waals surface area contributed by atoms with Gasteiger partial charge in [0.05, 0.1) is 11.3 Å². The van der Waals surface area contributed by atoms with E-state index >= 15 is 0 Å². The second-order valence-electron chi connectivity index (χ2n) is 4.43. The van der Waals surface area contributed by atoms with E-state index in [0.717, 1.165) is 11.4 Å². The van der Waals surface area contributed by atoms with Gasteiger partial charge in [0.1, 0.15) is 6.34 Å². The lowest BCUT2D eigenvalue weighted by Gasteiger charge is -2.20. The first-order valence-corrected chi connectivity index (χ1v) is 6.50. The molecule has 1 aliphatic rings. The van der Waals surface area contributed by atoms with Crippen LogP contribution in [-0.2, 0) is 0 Å². The first kappa shape index (κ1) is 12.7. The Labute approximate surface area is 121 Å². The molecule has 4 nitrogen and oxygen atoms in total. The van der Waals surface area contributed by atoms with Gasteiger partial charge in [-0.1, -0.05) is 29.8 Å². The molecule has 0 unspecified atom stereocenters. The van der Waals surface area contributed by atoms with Crippen molar-refractivity contribution < 1.29 is 4.79 Å². The number of halogens is 1. The molecular weight excluding hydrogens is 274 g/mol. The van der Waals surface area contributed by atoms with Crippen molar-refractivity contribution in [1.82, 2.24) is 5.01 Å². The van der Waals surface area contributed by atoms with Crippen LogP contribution in [0.2, 0.25) is 5.02 Å². The molecule has 1 aliphatic heterocycles. The summed E-state index contributed by atoms with van der Waals surface area (Å²) in [5.41, 5.74) is 2.21. The van der Waals surface area contributed by atoms with Gasteiger partial charge in [-0.15, -0.1) is 0 Å². The molecule has 0 spiro atoms. The molecule has 0 saturated carbocycles. The van der Waals surface area contributed by atoms with Crippen LogP contribution in [0.1, 0.15) is 10.4 Å². The molecule has 3 rings (SSSR count). The highest BCUT2D eigenvalue weighted by atomic mass is 35.5. The number of rotatable bonds is 1. The summed E-state index contributed by atoms with van der Waals surface area (Å²) in [4.78, 5) is 14.1. The Morgan fingerprint density at radius 2 is 1.85 bits per heavy atom. The number of benzene rings is 2. The van der Waals surface area contributed by atoms with Crippen LogP contribution >= 0.6 is 11.6 Å². The number of fused-ring (bicyclic) bond motifs is 1. The molecule has 0 radical (unpaired) electrons. The number of para-hydroxylation sites is 1. The van der Waals surface area contributed by atoms with Crippen LogP contribution in [-0.4, -0.2) is 24.3 Å². The summed E-state index contributed by atoms with van der Waals surface area (Å²) in [6.45, 7) is 0. The molecule has 20 heavy (non-hydrogen) atoms. The smallest absolute Gasteiger partial charge is 0.275 e. The normalized spacial score (nSPS) is 14.2. The summed E-state index contributed by atoms with van der Waals surface area (Å²) in [6, 6.07) is 14.9. The minimum atomic E-state index is -0.161. The highest BCUT2D eigenvalue weighted by Crippen LogP contribution is 2.32. The van der Waals surface area contributed by atoms with Crippen LogP contribution in [0.4, 0.5) is 11.4 Å². The SMILES string of the molecule is CN1N=CN(c2ccccc2)c2cc(Cl)ccc2C1=O. The summed E-state index contributed by atoms with van der Waals surface area (Å²) in [5, 5.41) is 6.04. The van der Waals surface area contributed by atoms with Gasteiger partial charge in [0.15, 0.2) is 0 Å². The van der Waals surface area contributed by atoms with Crippen LogP contribution in [0.15, 0.2) is 53.6 Å². The van der Waals surface area contributed by atoms with Gasteiger partial charge in [0.25, 0.3) is 5.91 Å². The fraction of sp³-hybridized carbons (Fsp3) is 0.0667. The summed E-state index contributed by atoms with van der Waals surface area (Å²) in [7, 11) is 1.63. The van der Waals surface area contributed by atoms with Crippen molar-refractivity contribution in [2.24, 2.45) is 5.10 Å². The Bertz CT molecular complexity index is 685. The molecule has 0 N–H and O–H groups in total. The third-order valence-corrected chi connectivity index (χ3v) is 3.35. The Morgan fingerprint density at radius 3 is 2.60 bits per heavy atom. The zero-order valence-corrected chi connectivity index (χ0v) is 11.6. The second-order valence-corrected chi connectivity index (χ2v) is 4.86. The van der Waals surface area contributed by atoms with E-state index in [-0.39, 0.29) is 5.91 Å². The van der Waals surface area contributed by atoms with E-state index in [0.29, 0.717) is 10.6 Å². The molecule has 0 saturated heterocycles. The number of anilines is 2. The summed E-state index contributed by atoms with van der Waals surface area (Å²) in [6.07, 6.45) is 1.62. The number of carbonyl (C=O) groups excluding carboxylic acids is 1. The Kier molecular flexibility index (Phi) is 3.16. The van der Waals surface area contributed by atoms with Crippen molar-refractivity contribution in [3.8, 4) is 0 Å². The van der Waals surface area contributed by atoms with Crippen molar-refractivity contribution in [2.75, 3.05) is 11.9 Å². The van der Waals surface area contributed by atoms with Crippen LogP contribution in [0.3, 0.4) is 0 Å². The summed E-state index contributed by atoms with van der Waals surface area (Å²) >= 11 is 6.07. The van der Waals surface area contributed by atoms with Crippen molar-refractivity contribution in [3.05, 3.63) is 59.1 Å². The topological polar surface area (TPSA) is 35.9 Å².